The van der Waals surface area contributed by atoms with Crippen LogP contribution in [0.25, 0.3) is 0 Å². The first-order chi connectivity index (χ1) is 7.28. The third kappa shape index (κ3) is 8.36. The minimum absolute atomic E-state index is 0.621. The molecule has 15 heavy (non-hydrogen) atoms. The second-order valence-electron chi connectivity index (χ2n) is 4.04. The van der Waals surface area contributed by atoms with Gasteiger partial charge in [0.25, 0.3) is 0 Å². The van der Waals surface area contributed by atoms with E-state index >= 15 is 0 Å². The van der Waals surface area contributed by atoms with Crippen LogP contribution in [-0.2, 0) is 4.74 Å². The highest BCUT2D eigenvalue weighted by Gasteiger charge is 2.09. The van der Waals surface area contributed by atoms with Crippen molar-refractivity contribution in [1.29, 1.82) is 0 Å². The van der Waals surface area contributed by atoms with Crippen molar-refractivity contribution >= 4 is 23.2 Å². The van der Waals surface area contributed by atoms with Gasteiger partial charge in [-0.2, -0.15) is 0 Å². The zero-order valence-electron chi connectivity index (χ0n) is 9.98. The predicted octanol–water partition coefficient (Wildman–Crippen LogP) is 4.31. The van der Waals surface area contributed by atoms with Gasteiger partial charge in [0, 0.05) is 25.0 Å². The molecule has 0 aliphatic carbocycles. The van der Waals surface area contributed by atoms with E-state index in [4.69, 9.17) is 27.9 Å². The molecule has 0 aliphatic heterocycles. The highest BCUT2D eigenvalue weighted by atomic mass is 35.5. The fraction of sp³-hybridized carbons (Fsp3) is 1.00. The molecule has 0 saturated carbocycles. The van der Waals surface area contributed by atoms with Gasteiger partial charge in [-0.05, 0) is 24.7 Å². The molecule has 0 N–H and O–H groups in total. The van der Waals surface area contributed by atoms with E-state index in [0.717, 1.165) is 50.7 Å². The molecule has 2 unspecified atom stereocenters. The molecule has 0 spiro atoms. The predicted molar refractivity (Wildman–Crippen MR) is 69.1 cm³/mol. The summed E-state index contributed by atoms with van der Waals surface area (Å²) in [7, 11) is 0. The van der Waals surface area contributed by atoms with Crippen LogP contribution in [0.5, 0.6) is 0 Å². The summed E-state index contributed by atoms with van der Waals surface area (Å²) in [4.78, 5) is 0. The molecule has 2 atom stereocenters. The minimum Gasteiger partial charge on any atom is -0.381 e. The van der Waals surface area contributed by atoms with Crippen LogP contribution in [0.1, 0.15) is 39.5 Å². The standard InChI is InChI=1S/C12H24Cl2O/c1-3-11(5-7-13)9-15-10-12(4-2)6-8-14/h11-12H,3-10H2,1-2H3. The first kappa shape index (κ1) is 15.5. The highest BCUT2D eigenvalue weighted by Crippen LogP contribution is 2.13. The van der Waals surface area contributed by atoms with Crippen LogP contribution in [0.3, 0.4) is 0 Å². The fourth-order valence-electron chi connectivity index (χ4n) is 1.52. The molecule has 0 aromatic heterocycles. The Morgan fingerprint density at radius 2 is 1.27 bits per heavy atom. The summed E-state index contributed by atoms with van der Waals surface area (Å²) in [5.74, 6) is 2.72. The van der Waals surface area contributed by atoms with E-state index in [9.17, 15) is 0 Å². The van der Waals surface area contributed by atoms with Crippen LogP contribution in [0.15, 0.2) is 0 Å². The third-order valence-corrected chi connectivity index (χ3v) is 3.33. The smallest absolute Gasteiger partial charge is 0.0494 e. The molecule has 0 heterocycles. The van der Waals surface area contributed by atoms with Gasteiger partial charge < -0.3 is 4.74 Å². The van der Waals surface area contributed by atoms with Crippen molar-refractivity contribution in [1.82, 2.24) is 0 Å². The van der Waals surface area contributed by atoms with E-state index in [1.54, 1.807) is 0 Å². The Hall–Kier alpha value is 0.540. The summed E-state index contributed by atoms with van der Waals surface area (Å²) in [5.41, 5.74) is 0. The summed E-state index contributed by atoms with van der Waals surface area (Å²) in [6.07, 6.45) is 4.42. The van der Waals surface area contributed by atoms with Crippen molar-refractivity contribution in [3.8, 4) is 0 Å². The van der Waals surface area contributed by atoms with Gasteiger partial charge in [0.2, 0.25) is 0 Å². The number of alkyl halides is 2. The quantitative estimate of drug-likeness (QED) is 0.528. The molecule has 0 fully saturated rings. The van der Waals surface area contributed by atoms with Gasteiger partial charge in [-0.15, -0.1) is 23.2 Å². The molecule has 0 radical (unpaired) electrons. The zero-order chi connectivity index (χ0) is 11.5. The number of rotatable bonds is 10. The molecule has 0 bridgehead atoms. The third-order valence-electron chi connectivity index (χ3n) is 2.90. The molecule has 92 valence electrons. The Morgan fingerprint density at radius 3 is 1.53 bits per heavy atom. The fourth-order valence-corrected chi connectivity index (χ4v) is 2.14. The van der Waals surface area contributed by atoms with E-state index in [-0.39, 0.29) is 0 Å². The lowest BCUT2D eigenvalue weighted by Gasteiger charge is -2.17. The van der Waals surface area contributed by atoms with E-state index < -0.39 is 0 Å². The molecule has 0 amide bonds. The van der Waals surface area contributed by atoms with E-state index in [1.807, 2.05) is 0 Å². The highest BCUT2D eigenvalue weighted by molar-refractivity contribution is 6.18. The molecule has 0 aliphatic rings. The summed E-state index contributed by atoms with van der Waals surface area (Å²) in [6, 6.07) is 0. The number of ether oxygens (including phenoxy) is 1. The van der Waals surface area contributed by atoms with E-state index in [2.05, 4.69) is 13.8 Å². The van der Waals surface area contributed by atoms with Crippen LogP contribution in [-0.4, -0.2) is 25.0 Å². The molecule has 0 aromatic carbocycles. The lowest BCUT2D eigenvalue weighted by molar-refractivity contribution is 0.0672. The first-order valence-electron chi connectivity index (χ1n) is 5.98. The first-order valence-corrected chi connectivity index (χ1v) is 7.04. The van der Waals surface area contributed by atoms with Gasteiger partial charge in [0.05, 0.1) is 0 Å². The molecule has 3 heteroatoms. The van der Waals surface area contributed by atoms with E-state index in [1.165, 1.54) is 0 Å². The van der Waals surface area contributed by atoms with Crippen LogP contribution in [0, 0.1) is 11.8 Å². The van der Waals surface area contributed by atoms with Crippen molar-refractivity contribution in [3.63, 3.8) is 0 Å². The topological polar surface area (TPSA) is 9.23 Å². The Balaban J connectivity index is 3.55. The average Bonchev–Trinajstić information content (AvgIpc) is 2.26. The van der Waals surface area contributed by atoms with Crippen LogP contribution in [0.4, 0.5) is 0 Å². The van der Waals surface area contributed by atoms with Crippen molar-refractivity contribution in [2.45, 2.75) is 39.5 Å². The van der Waals surface area contributed by atoms with Gasteiger partial charge in [0.15, 0.2) is 0 Å². The Bertz CT molecular complexity index is 117. The summed E-state index contributed by atoms with van der Waals surface area (Å²) < 4.78 is 5.73. The number of halogens is 2. The average molecular weight is 255 g/mol. The van der Waals surface area contributed by atoms with Gasteiger partial charge in [0.1, 0.15) is 0 Å². The molecular formula is C12H24Cl2O. The molecular weight excluding hydrogens is 231 g/mol. The molecule has 0 rings (SSSR count). The van der Waals surface area contributed by atoms with Gasteiger partial charge >= 0.3 is 0 Å². The molecule has 0 saturated heterocycles. The van der Waals surface area contributed by atoms with Crippen molar-refractivity contribution in [2.75, 3.05) is 25.0 Å². The Kier molecular flexibility index (Phi) is 11.4. The lowest BCUT2D eigenvalue weighted by Crippen LogP contribution is -2.15. The van der Waals surface area contributed by atoms with Crippen LogP contribution >= 0.6 is 23.2 Å². The maximum absolute atomic E-state index is 5.73. The Morgan fingerprint density at radius 1 is 0.867 bits per heavy atom. The van der Waals surface area contributed by atoms with E-state index in [0.29, 0.717) is 11.8 Å². The van der Waals surface area contributed by atoms with Crippen molar-refractivity contribution in [3.05, 3.63) is 0 Å². The maximum atomic E-state index is 5.73. The lowest BCUT2D eigenvalue weighted by atomic mass is 10.0. The van der Waals surface area contributed by atoms with Crippen molar-refractivity contribution < 1.29 is 4.74 Å². The summed E-state index contributed by atoms with van der Waals surface area (Å²) in [5, 5.41) is 0. The second-order valence-corrected chi connectivity index (χ2v) is 4.80. The number of hydrogen-bond donors (Lipinski definition) is 0. The maximum Gasteiger partial charge on any atom is 0.0494 e. The monoisotopic (exact) mass is 254 g/mol. The second kappa shape index (κ2) is 11.0. The van der Waals surface area contributed by atoms with Gasteiger partial charge in [-0.25, -0.2) is 0 Å². The summed E-state index contributed by atoms with van der Waals surface area (Å²) >= 11 is 11.4. The van der Waals surface area contributed by atoms with Crippen LogP contribution < -0.4 is 0 Å². The van der Waals surface area contributed by atoms with Crippen molar-refractivity contribution in [2.24, 2.45) is 11.8 Å². The minimum atomic E-state index is 0.621. The molecule has 1 nitrogen and oxygen atoms in total. The zero-order valence-corrected chi connectivity index (χ0v) is 11.5. The SMILES string of the molecule is CCC(CCCl)COCC(CC)CCCl. The van der Waals surface area contributed by atoms with Crippen LogP contribution in [0.2, 0.25) is 0 Å². The largest absolute Gasteiger partial charge is 0.381 e. The Labute approximate surface area is 104 Å². The number of hydrogen-bond acceptors (Lipinski definition) is 1. The molecule has 0 aromatic rings. The van der Waals surface area contributed by atoms with Gasteiger partial charge in [-0.1, -0.05) is 26.7 Å². The van der Waals surface area contributed by atoms with Gasteiger partial charge in [-0.3, -0.25) is 0 Å². The normalized spacial score (nSPS) is 15.2. The summed E-state index contributed by atoms with van der Waals surface area (Å²) in [6.45, 7) is 6.08.